The van der Waals surface area contributed by atoms with E-state index in [1.54, 1.807) is 0 Å². The van der Waals surface area contributed by atoms with Gasteiger partial charge < -0.3 is 10.5 Å². The Hall–Kier alpha value is -1.35. The molecule has 0 unspecified atom stereocenters. The number of aryl methyl sites for hydroxylation is 1. The Bertz CT molecular complexity index is 330. The number of ether oxygens (including phenoxy) is 1. The molecule has 0 bridgehead atoms. The maximum absolute atomic E-state index is 11.0. The van der Waals surface area contributed by atoms with E-state index >= 15 is 0 Å². The smallest absolute Gasteiger partial charge is 0.146 e. The van der Waals surface area contributed by atoms with Crippen molar-refractivity contribution >= 4 is 5.78 Å². The highest BCUT2D eigenvalue weighted by atomic mass is 16.5. The lowest BCUT2D eigenvalue weighted by Crippen LogP contribution is -2.13. The zero-order valence-corrected chi connectivity index (χ0v) is 9.90. The van der Waals surface area contributed by atoms with Crippen LogP contribution in [0.2, 0.25) is 0 Å². The summed E-state index contributed by atoms with van der Waals surface area (Å²) in [5.74, 6) is 0.964. The minimum Gasteiger partial charge on any atom is -0.491 e. The van der Waals surface area contributed by atoms with Crippen LogP contribution in [0.3, 0.4) is 0 Å². The summed E-state index contributed by atoms with van der Waals surface area (Å²) in [6.07, 6.45) is 1.45. The third-order valence-electron chi connectivity index (χ3n) is 2.22. The zero-order chi connectivity index (χ0) is 12.0. The van der Waals surface area contributed by atoms with Crippen molar-refractivity contribution in [3.8, 4) is 5.75 Å². The molecule has 1 aromatic rings. The van der Waals surface area contributed by atoms with Crippen molar-refractivity contribution in [3.05, 3.63) is 29.8 Å². The molecular weight excluding hydrogens is 202 g/mol. The topological polar surface area (TPSA) is 52.3 Å². The second kappa shape index (κ2) is 6.28. The van der Waals surface area contributed by atoms with Crippen molar-refractivity contribution in [2.45, 2.75) is 32.8 Å². The number of benzene rings is 1. The van der Waals surface area contributed by atoms with E-state index in [0.29, 0.717) is 6.42 Å². The number of ketones is 1. The maximum Gasteiger partial charge on any atom is 0.146 e. The van der Waals surface area contributed by atoms with E-state index in [1.807, 2.05) is 38.1 Å². The van der Waals surface area contributed by atoms with E-state index in [1.165, 1.54) is 0 Å². The fourth-order valence-corrected chi connectivity index (χ4v) is 1.39. The molecule has 0 fully saturated rings. The maximum atomic E-state index is 11.0. The van der Waals surface area contributed by atoms with Gasteiger partial charge in [-0.05, 0) is 38.0 Å². The van der Waals surface area contributed by atoms with Crippen LogP contribution >= 0.6 is 0 Å². The monoisotopic (exact) mass is 221 g/mol. The molecule has 0 aliphatic heterocycles. The van der Waals surface area contributed by atoms with Gasteiger partial charge in [-0.2, -0.15) is 0 Å². The summed E-state index contributed by atoms with van der Waals surface area (Å²) in [5.41, 5.74) is 6.38. The van der Waals surface area contributed by atoms with Gasteiger partial charge in [-0.3, -0.25) is 4.79 Å². The minimum absolute atomic E-state index is 0.0995. The molecule has 0 aliphatic carbocycles. The third kappa shape index (κ3) is 4.45. The molecule has 2 N–H and O–H groups in total. The fraction of sp³-hybridized carbons (Fsp3) is 0.462. The molecule has 16 heavy (non-hydrogen) atoms. The first-order valence-electron chi connectivity index (χ1n) is 5.59. The standard InChI is InChI=1S/C13H19NO2/c1-10(2)16-13-7-4-11(5-8-13)3-6-12(15)9-14/h4-5,7-8,10H,3,6,9,14H2,1-2H3. The summed E-state index contributed by atoms with van der Waals surface area (Å²) in [6, 6.07) is 7.84. The van der Waals surface area contributed by atoms with Gasteiger partial charge in [0, 0.05) is 6.42 Å². The number of carbonyl (C=O) groups is 1. The Morgan fingerprint density at radius 2 is 1.94 bits per heavy atom. The van der Waals surface area contributed by atoms with Crippen molar-refractivity contribution in [2.24, 2.45) is 5.73 Å². The van der Waals surface area contributed by atoms with Gasteiger partial charge in [-0.25, -0.2) is 0 Å². The lowest BCUT2D eigenvalue weighted by molar-refractivity contribution is -0.117. The van der Waals surface area contributed by atoms with Crippen LogP contribution in [0.25, 0.3) is 0 Å². The molecule has 1 rings (SSSR count). The molecule has 0 spiro atoms. The van der Waals surface area contributed by atoms with Crippen LogP contribution in [-0.2, 0) is 11.2 Å². The van der Waals surface area contributed by atoms with Crippen LogP contribution in [0.15, 0.2) is 24.3 Å². The Morgan fingerprint density at radius 3 is 2.44 bits per heavy atom. The number of Topliss-reactive ketones (excluding diaryl/α,β-unsaturated/α-hetero) is 1. The van der Waals surface area contributed by atoms with Crippen LogP contribution in [0.5, 0.6) is 5.75 Å². The largest absolute Gasteiger partial charge is 0.491 e. The molecule has 0 saturated heterocycles. The van der Waals surface area contributed by atoms with Gasteiger partial charge >= 0.3 is 0 Å². The van der Waals surface area contributed by atoms with Crippen LogP contribution < -0.4 is 10.5 Å². The summed E-state index contributed by atoms with van der Waals surface area (Å²) in [5, 5.41) is 0. The molecule has 0 amide bonds. The van der Waals surface area contributed by atoms with Gasteiger partial charge in [0.25, 0.3) is 0 Å². The minimum atomic E-state index is 0.0995. The van der Waals surface area contributed by atoms with Crippen molar-refractivity contribution in [2.75, 3.05) is 6.54 Å². The first-order chi connectivity index (χ1) is 7.61. The van der Waals surface area contributed by atoms with Crippen LogP contribution in [0.4, 0.5) is 0 Å². The molecule has 0 heterocycles. The highest BCUT2D eigenvalue weighted by Gasteiger charge is 2.01. The summed E-state index contributed by atoms with van der Waals surface area (Å²) in [6.45, 7) is 4.12. The van der Waals surface area contributed by atoms with Crippen LogP contribution in [0, 0.1) is 0 Å². The Morgan fingerprint density at radius 1 is 1.31 bits per heavy atom. The normalized spacial score (nSPS) is 10.5. The summed E-state index contributed by atoms with van der Waals surface area (Å²) >= 11 is 0. The first-order valence-corrected chi connectivity index (χ1v) is 5.59. The Balaban J connectivity index is 2.48. The predicted octanol–water partition coefficient (Wildman–Crippen LogP) is 1.93. The van der Waals surface area contributed by atoms with E-state index in [9.17, 15) is 4.79 Å². The van der Waals surface area contributed by atoms with Gasteiger partial charge in [0.1, 0.15) is 11.5 Å². The van der Waals surface area contributed by atoms with Crippen LogP contribution in [0.1, 0.15) is 25.8 Å². The Kier molecular flexibility index (Phi) is 4.99. The number of carbonyl (C=O) groups excluding carboxylic acids is 1. The molecular formula is C13H19NO2. The van der Waals surface area contributed by atoms with E-state index in [2.05, 4.69) is 0 Å². The van der Waals surface area contributed by atoms with E-state index < -0.39 is 0 Å². The summed E-state index contributed by atoms with van der Waals surface area (Å²) in [4.78, 5) is 11.0. The highest BCUT2D eigenvalue weighted by molar-refractivity contribution is 5.80. The molecule has 0 aromatic heterocycles. The first kappa shape index (κ1) is 12.7. The number of hydrogen-bond donors (Lipinski definition) is 1. The average Bonchev–Trinajstić information content (AvgIpc) is 2.27. The lowest BCUT2D eigenvalue weighted by atomic mass is 10.1. The zero-order valence-electron chi connectivity index (χ0n) is 9.90. The van der Waals surface area contributed by atoms with E-state index in [4.69, 9.17) is 10.5 Å². The van der Waals surface area contributed by atoms with Gasteiger partial charge in [0.2, 0.25) is 0 Å². The van der Waals surface area contributed by atoms with E-state index in [-0.39, 0.29) is 18.4 Å². The lowest BCUT2D eigenvalue weighted by Gasteiger charge is -2.09. The molecule has 0 saturated carbocycles. The second-order valence-corrected chi connectivity index (χ2v) is 4.05. The summed E-state index contributed by atoms with van der Waals surface area (Å²) < 4.78 is 5.53. The SMILES string of the molecule is CC(C)Oc1ccc(CCC(=O)CN)cc1. The molecule has 88 valence electrons. The van der Waals surface area contributed by atoms with Gasteiger partial charge in [-0.15, -0.1) is 0 Å². The molecule has 3 nitrogen and oxygen atoms in total. The molecule has 0 aliphatic rings. The van der Waals surface area contributed by atoms with Crippen molar-refractivity contribution < 1.29 is 9.53 Å². The van der Waals surface area contributed by atoms with Crippen LogP contribution in [-0.4, -0.2) is 18.4 Å². The average molecular weight is 221 g/mol. The van der Waals surface area contributed by atoms with Crippen molar-refractivity contribution in [1.29, 1.82) is 0 Å². The highest BCUT2D eigenvalue weighted by Crippen LogP contribution is 2.14. The number of hydrogen-bond acceptors (Lipinski definition) is 3. The van der Waals surface area contributed by atoms with Gasteiger partial charge in [0.05, 0.1) is 12.6 Å². The third-order valence-corrected chi connectivity index (χ3v) is 2.22. The molecule has 3 heteroatoms. The predicted molar refractivity (Wildman–Crippen MR) is 64.6 cm³/mol. The molecule has 0 radical (unpaired) electrons. The number of nitrogens with two attached hydrogens (primary N) is 1. The summed E-state index contributed by atoms with van der Waals surface area (Å²) in [7, 11) is 0. The van der Waals surface area contributed by atoms with Gasteiger partial charge in [-0.1, -0.05) is 12.1 Å². The van der Waals surface area contributed by atoms with E-state index in [0.717, 1.165) is 17.7 Å². The Labute approximate surface area is 96.6 Å². The quantitative estimate of drug-likeness (QED) is 0.798. The van der Waals surface area contributed by atoms with Gasteiger partial charge in [0.15, 0.2) is 0 Å². The van der Waals surface area contributed by atoms with Crippen molar-refractivity contribution in [3.63, 3.8) is 0 Å². The molecule has 1 aromatic carbocycles. The van der Waals surface area contributed by atoms with Crippen molar-refractivity contribution in [1.82, 2.24) is 0 Å². The fourth-order valence-electron chi connectivity index (χ4n) is 1.39. The second-order valence-electron chi connectivity index (χ2n) is 4.05. The number of rotatable bonds is 6. The molecule has 0 atom stereocenters.